The van der Waals surface area contributed by atoms with Crippen LogP contribution in [0.15, 0.2) is 13.2 Å². The fourth-order valence-corrected chi connectivity index (χ4v) is 7.03. The molecule has 0 saturated carbocycles. The normalized spacial score (nSPS) is 22.5. The van der Waals surface area contributed by atoms with E-state index in [0.717, 1.165) is 19.8 Å². The summed E-state index contributed by atoms with van der Waals surface area (Å²) in [6.45, 7) is 3.98. The Bertz CT molecular complexity index is 407. The molecule has 1 aromatic rings. The van der Waals surface area contributed by atoms with Crippen molar-refractivity contribution in [3.63, 3.8) is 0 Å². The fraction of sp³-hybridized carbons (Fsp3) is 0.500. The van der Waals surface area contributed by atoms with Gasteiger partial charge in [0.25, 0.3) is 4.06 Å². The molecule has 2 rings (SSSR count). The highest BCUT2D eigenvalue weighted by molar-refractivity contribution is 8.11. The van der Waals surface area contributed by atoms with E-state index in [-0.39, 0.29) is 10.1 Å². The standard InChI is InChI=1S/C6H7NO2S4/c1-3(2)7-12-4-5(13(7)9)11-6(8)10-4/h3H,1-2H3. The summed E-state index contributed by atoms with van der Waals surface area (Å²) >= 11 is 3.73. The second-order valence-electron chi connectivity index (χ2n) is 2.75. The molecule has 0 amide bonds. The quantitative estimate of drug-likeness (QED) is 0.718. The van der Waals surface area contributed by atoms with Crippen molar-refractivity contribution in [2.45, 2.75) is 28.3 Å². The van der Waals surface area contributed by atoms with Crippen molar-refractivity contribution in [1.29, 1.82) is 0 Å². The molecule has 0 spiro atoms. The van der Waals surface area contributed by atoms with Gasteiger partial charge in [0, 0.05) is 6.04 Å². The largest absolute Gasteiger partial charge is 0.289 e. The van der Waals surface area contributed by atoms with Gasteiger partial charge in [-0.1, -0.05) is 22.7 Å². The van der Waals surface area contributed by atoms with Crippen LogP contribution in [0.5, 0.6) is 0 Å². The lowest BCUT2D eigenvalue weighted by Crippen LogP contribution is -2.21. The minimum absolute atomic E-state index is 0.0363. The van der Waals surface area contributed by atoms with E-state index < -0.39 is 11.0 Å². The summed E-state index contributed by atoms with van der Waals surface area (Å²) in [6.07, 6.45) is 0. The van der Waals surface area contributed by atoms with Gasteiger partial charge in [-0.2, -0.15) is 3.71 Å². The summed E-state index contributed by atoms with van der Waals surface area (Å²) in [7, 11) is -1.12. The van der Waals surface area contributed by atoms with Crippen LogP contribution in [-0.2, 0) is 11.0 Å². The molecule has 0 saturated heterocycles. The Balaban J connectivity index is 2.40. The van der Waals surface area contributed by atoms with Crippen LogP contribution in [0.3, 0.4) is 0 Å². The zero-order valence-electron chi connectivity index (χ0n) is 6.97. The molecule has 7 heteroatoms. The van der Waals surface area contributed by atoms with E-state index in [1.165, 1.54) is 23.3 Å². The highest BCUT2D eigenvalue weighted by atomic mass is 32.3. The number of fused-ring (bicyclic) bond motifs is 1. The van der Waals surface area contributed by atoms with E-state index in [1.54, 1.807) is 0 Å². The van der Waals surface area contributed by atoms with Crippen LogP contribution in [0.1, 0.15) is 13.8 Å². The van der Waals surface area contributed by atoms with Crippen LogP contribution in [0.25, 0.3) is 0 Å². The van der Waals surface area contributed by atoms with E-state index in [9.17, 15) is 9.00 Å². The third-order valence-corrected chi connectivity index (χ3v) is 7.59. The first-order valence-corrected chi connectivity index (χ1v) is 7.14. The van der Waals surface area contributed by atoms with Gasteiger partial charge in [-0.15, -0.1) is 0 Å². The smallest absolute Gasteiger partial charge is 0.265 e. The van der Waals surface area contributed by atoms with Gasteiger partial charge in [-0.05, 0) is 25.8 Å². The summed E-state index contributed by atoms with van der Waals surface area (Å²) in [5, 5.41) is 0. The molecule has 72 valence electrons. The van der Waals surface area contributed by atoms with Crippen molar-refractivity contribution < 1.29 is 4.21 Å². The molecule has 1 atom stereocenters. The molecule has 0 fully saturated rings. The average Bonchev–Trinajstić information content (AvgIpc) is 2.51. The van der Waals surface area contributed by atoms with E-state index >= 15 is 0 Å². The third kappa shape index (κ3) is 1.63. The van der Waals surface area contributed by atoms with Crippen LogP contribution in [0.2, 0.25) is 0 Å². The highest BCUT2D eigenvalue weighted by Crippen LogP contribution is 2.44. The van der Waals surface area contributed by atoms with Crippen molar-refractivity contribution in [3.05, 3.63) is 8.85 Å². The molecule has 0 N–H and O–H groups in total. The van der Waals surface area contributed by atoms with Crippen molar-refractivity contribution in [2.24, 2.45) is 0 Å². The molecule has 1 aliphatic heterocycles. The maximum Gasteiger partial charge on any atom is 0.289 e. The Morgan fingerprint density at radius 1 is 1.38 bits per heavy atom. The van der Waals surface area contributed by atoms with Crippen molar-refractivity contribution >= 4 is 45.6 Å². The topological polar surface area (TPSA) is 37.4 Å². The lowest BCUT2D eigenvalue weighted by molar-refractivity contribution is 0.565. The van der Waals surface area contributed by atoms with Gasteiger partial charge in [0.1, 0.15) is 8.42 Å². The van der Waals surface area contributed by atoms with Crippen molar-refractivity contribution in [2.75, 3.05) is 0 Å². The monoisotopic (exact) mass is 253 g/mol. The number of nitrogens with zero attached hydrogens (tertiary/aromatic N) is 1. The Kier molecular flexibility index (Phi) is 2.63. The molecule has 3 nitrogen and oxygen atoms in total. The zero-order valence-corrected chi connectivity index (χ0v) is 10.2. The molecule has 13 heavy (non-hydrogen) atoms. The van der Waals surface area contributed by atoms with Gasteiger partial charge >= 0.3 is 0 Å². The van der Waals surface area contributed by atoms with Gasteiger partial charge in [-0.25, -0.2) is 4.21 Å². The zero-order chi connectivity index (χ0) is 9.59. The summed E-state index contributed by atoms with van der Waals surface area (Å²) in [5.41, 5.74) is 0. The summed E-state index contributed by atoms with van der Waals surface area (Å²) < 4.78 is 15.2. The van der Waals surface area contributed by atoms with Gasteiger partial charge in [0.05, 0.1) is 0 Å². The van der Waals surface area contributed by atoms with Crippen molar-refractivity contribution in [3.8, 4) is 0 Å². The molecule has 0 aromatic carbocycles. The predicted molar refractivity (Wildman–Crippen MR) is 57.7 cm³/mol. The Hall–Kier alpha value is 0.310. The highest BCUT2D eigenvalue weighted by Gasteiger charge is 2.33. The fourth-order valence-electron chi connectivity index (χ4n) is 0.913. The van der Waals surface area contributed by atoms with E-state index in [0.29, 0.717) is 0 Å². The van der Waals surface area contributed by atoms with Crippen LogP contribution in [0, 0.1) is 0 Å². The second-order valence-corrected chi connectivity index (χ2v) is 8.01. The molecule has 1 aromatic heterocycles. The Labute approximate surface area is 90.5 Å². The van der Waals surface area contributed by atoms with Crippen LogP contribution < -0.4 is 4.06 Å². The SMILES string of the molecule is CC(C)N1Sc2sc(=O)sc2S1=O. The molecule has 0 aliphatic carbocycles. The molecular weight excluding hydrogens is 246 g/mol. The van der Waals surface area contributed by atoms with E-state index in [1.807, 2.05) is 17.6 Å². The van der Waals surface area contributed by atoms with Crippen LogP contribution in [0.4, 0.5) is 0 Å². The Morgan fingerprint density at radius 2 is 2.08 bits per heavy atom. The molecular formula is C6H7NO2S4. The number of hydrogen-bond acceptors (Lipinski definition) is 5. The van der Waals surface area contributed by atoms with Crippen LogP contribution in [-0.4, -0.2) is 14.0 Å². The third-order valence-electron chi connectivity index (χ3n) is 1.44. The molecule has 1 aliphatic rings. The summed E-state index contributed by atoms with van der Waals surface area (Å²) in [6, 6.07) is 0.229. The van der Waals surface area contributed by atoms with Gasteiger partial charge < -0.3 is 0 Å². The lowest BCUT2D eigenvalue weighted by Gasteiger charge is -2.15. The minimum Gasteiger partial charge on any atom is -0.265 e. The maximum atomic E-state index is 11.7. The van der Waals surface area contributed by atoms with E-state index in [2.05, 4.69) is 0 Å². The summed E-state index contributed by atoms with van der Waals surface area (Å²) in [4.78, 5) is 11.0. The first-order chi connectivity index (χ1) is 6.09. The predicted octanol–water partition coefficient (Wildman–Crippen LogP) is 1.92. The second kappa shape index (κ2) is 3.47. The molecule has 2 heterocycles. The van der Waals surface area contributed by atoms with Crippen LogP contribution >= 0.6 is 34.6 Å². The number of hydrogen-bond donors (Lipinski definition) is 0. The Morgan fingerprint density at radius 3 is 2.62 bits per heavy atom. The maximum absolute atomic E-state index is 11.7. The molecule has 1 unspecified atom stereocenters. The first kappa shape index (κ1) is 9.85. The lowest BCUT2D eigenvalue weighted by atomic mass is 10.4. The summed E-state index contributed by atoms with van der Waals surface area (Å²) in [5.74, 6) is 0. The van der Waals surface area contributed by atoms with E-state index in [4.69, 9.17) is 0 Å². The number of rotatable bonds is 1. The first-order valence-electron chi connectivity index (χ1n) is 3.62. The minimum atomic E-state index is -1.12. The average molecular weight is 253 g/mol. The van der Waals surface area contributed by atoms with Gasteiger partial charge in [-0.3, -0.25) is 4.79 Å². The van der Waals surface area contributed by atoms with Gasteiger partial charge in [0.15, 0.2) is 11.0 Å². The molecule has 0 bridgehead atoms. The van der Waals surface area contributed by atoms with Crippen molar-refractivity contribution in [1.82, 2.24) is 3.71 Å². The van der Waals surface area contributed by atoms with Gasteiger partial charge in [0.2, 0.25) is 0 Å². The molecule has 0 radical (unpaired) electrons.